The molecule has 1 N–H and O–H groups in total. The molecule has 0 spiro atoms. The molecular formula is C25H26ClN5O3. The van der Waals surface area contributed by atoms with E-state index < -0.39 is 6.04 Å². The summed E-state index contributed by atoms with van der Waals surface area (Å²) in [5.74, 6) is 0.0677. The van der Waals surface area contributed by atoms with E-state index in [1.54, 1.807) is 36.4 Å². The first-order valence-corrected chi connectivity index (χ1v) is 11.5. The summed E-state index contributed by atoms with van der Waals surface area (Å²) in [5, 5.41) is 11.7. The SMILES string of the molecule is CC(C)CCNC(=O)[C@H](c1ccco1)N(C(=O)Cn1nnc2ccccc21)c1cccc(Cl)c1. The minimum Gasteiger partial charge on any atom is -0.467 e. The summed E-state index contributed by atoms with van der Waals surface area (Å²) < 4.78 is 7.13. The van der Waals surface area contributed by atoms with Crippen molar-refractivity contribution in [2.75, 3.05) is 11.4 Å². The number of carbonyl (C=O) groups excluding carboxylic acids is 2. The molecule has 2 aromatic carbocycles. The number of nitrogens with zero attached hydrogens (tertiary/aromatic N) is 4. The second-order valence-electron chi connectivity index (χ2n) is 8.37. The number of fused-ring (bicyclic) bond motifs is 1. The van der Waals surface area contributed by atoms with E-state index in [-0.39, 0.29) is 18.4 Å². The summed E-state index contributed by atoms with van der Waals surface area (Å²) >= 11 is 6.25. The van der Waals surface area contributed by atoms with Gasteiger partial charge in [0.05, 0.1) is 11.8 Å². The highest BCUT2D eigenvalue weighted by atomic mass is 35.5. The standard InChI is InChI=1S/C25H26ClN5O3/c1-17(2)12-13-27-25(33)24(22-11-6-14-34-22)31(19-8-5-7-18(26)15-19)23(32)16-30-21-10-4-3-9-20(21)28-29-30/h3-11,14-15,17,24H,12-13,16H2,1-2H3,(H,27,33)/t24-/m0/s1. The Balaban J connectivity index is 1.72. The molecule has 4 rings (SSSR count). The van der Waals surface area contributed by atoms with Gasteiger partial charge in [0.15, 0.2) is 6.04 Å². The van der Waals surface area contributed by atoms with Gasteiger partial charge in [-0.1, -0.05) is 48.9 Å². The van der Waals surface area contributed by atoms with E-state index in [1.165, 1.54) is 15.8 Å². The molecule has 2 aromatic heterocycles. The van der Waals surface area contributed by atoms with E-state index in [0.717, 1.165) is 11.9 Å². The Morgan fingerprint density at radius 2 is 1.94 bits per heavy atom. The minimum absolute atomic E-state index is 0.122. The lowest BCUT2D eigenvalue weighted by molar-refractivity contribution is -0.127. The van der Waals surface area contributed by atoms with Crippen molar-refractivity contribution in [2.24, 2.45) is 5.92 Å². The molecule has 0 radical (unpaired) electrons. The van der Waals surface area contributed by atoms with E-state index in [0.29, 0.717) is 34.4 Å². The van der Waals surface area contributed by atoms with Crippen LogP contribution in [-0.2, 0) is 16.1 Å². The summed E-state index contributed by atoms with van der Waals surface area (Å²) in [4.78, 5) is 28.6. The molecule has 0 bridgehead atoms. The molecule has 8 nitrogen and oxygen atoms in total. The number of para-hydroxylation sites is 1. The highest BCUT2D eigenvalue weighted by molar-refractivity contribution is 6.31. The normalized spacial score (nSPS) is 12.1. The molecule has 176 valence electrons. The van der Waals surface area contributed by atoms with Crippen molar-refractivity contribution in [3.05, 3.63) is 77.7 Å². The van der Waals surface area contributed by atoms with Crippen LogP contribution in [-0.4, -0.2) is 33.4 Å². The van der Waals surface area contributed by atoms with Crippen molar-refractivity contribution in [2.45, 2.75) is 32.9 Å². The van der Waals surface area contributed by atoms with Gasteiger partial charge in [0.2, 0.25) is 5.91 Å². The number of nitrogens with one attached hydrogen (secondary N) is 1. The largest absolute Gasteiger partial charge is 0.467 e. The number of aromatic nitrogens is 3. The molecule has 34 heavy (non-hydrogen) atoms. The molecule has 0 fully saturated rings. The number of anilines is 1. The fraction of sp³-hybridized carbons (Fsp3) is 0.280. The predicted molar refractivity (Wildman–Crippen MR) is 130 cm³/mol. The molecule has 2 heterocycles. The Morgan fingerprint density at radius 3 is 2.68 bits per heavy atom. The van der Waals surface area contributed by atoms with Gasteiger partial charge in [-0.05, 0) is 54.8 Å². The molecule has 0 aliphatic heterocycles. The van der Waals surface area contributed by atoms with Crippen LogP contribution in [0.15, 0.2) is 71.3 Å². The van der Waals surface area contributed by atoms with Gasteiger partial charge in [-0.3, -0.25) is 14.5 Å². The zero-order valence-electron chi connectivity index (χ0n) is 19.0. The molecule has 0 aliphatic carbocycles. The van der Waals surface area contributed by atoms with Crippen LogP contribution in [0.25, 0.3) is 11.0 Å². The Hall–Kier alpha value is -3.65. The van der Waals surface area contributed by atoms with Crippen molar-refractivity contribution in [1.82, 2.24) is 20.3 Å². The Kier molecular flexibility index (Phi) is 7.27. The van der Waals surface area contributed by atoms with Gasteiger partial charge < -0.3 is 9.73 Å². The molecule has 0 unspecified atom stereocenters. The molecule has 2 amide bonds. The van der Waals surface area contributed by atoms with Crippen molar-refractivity contribution in [3.8, 4) is 0 Å². The van der Waals surface area contributed by atoms with Crippen molar-refractivity contribution in [3.63, 3.8) is 0 Å². The highest BCUT2D eigenvalue weighted by Crippen LogP contribution is 2.30. The third kappa shape index (κ3) is 5.28. The number of furan rings is 1. The fourth-order valence-corrected chi connectivity index (χ4v) is 3.89. The minimum atomic E-state index is -1.03. The Bertz CT molecular complexity index is 1270. The predicted octanol–water partition coefficient (Wildman–Crippen LogP) is 4.61. The van der Waals surface area contributed by atoms with Crippen LogP contribution >= 0.6 is 11.6 Å². The number of carbonyl (C=O) groups is 2. The molecule has 1 atom stereocenters. The molecular weight excluding hydrogens is 454 g/mol. The summed E-state index contributed by atoms with van der Waals surface area (Å²) in [6.45, 7) is 4.53. The second kappa shape index (κ2) is 10.5. The van der Waals surface area contributed by atoms with Gasteiger partial charge in [0.25, 0.3) is 5.91 Å². The Labute approximate surface area is 202 Å². The average Bonchev–Trinajstić information content (AvgIpc) is 3.47. The van der Waals surface area contributed by atoms with Gasteiger partial charge in [-0.2, -0.15) is 0 Å². The highest BCUT2D eigenvalue weighted by Gasteiger charge is 2.35. The molecule has 0 aliphatic rings. The molecule has 0 saturated carbocycles. The van der Waals surface area contributed by atoms with E-state index in [1.807, 2.05) is 24.3 Å². The summed E-state index contributed by atoms with van der Waals surface area (Å²) in [7, 11) is 0. The number of hydrogen-bond acceptors (Lipinski definition) is 5. The first kappa shape index (κ1) is 23.5. The molecule has 9 heteroatoms. The summed E-state index contributed by atoms with van der Waals surface area (Å²) in [6.07, 6.45) is 2.29. The van der Waals surface area contributed by atoms with Crippen LogP contribution in [0.4, 0.5) is 5.69 Å². The van der Waals surface area contributed by atoms with Crippen LogP contribution in [0.3, 0.4) is 0 Å². The lowest BCUT2D eigenvalue weighted by Crippen LogP contribution is -2.45. The maximum Gasteiger partial charge on any atom is 0.251 e. The van der Waals surface area contributed by atoms with Gasteiger partial charge in [-0.25, -0.2) is 4.68 Å². The number of amides is 2. The van der Waals surface area contributed by atoms with Gasteiger partial charge in [-0.15, -0.1) is 5.10 Å². The van der Waals surface area contributed by atoms with E-state index in [2.05, 4.69) is 29.5 Å². The Morgan fingerprint density at radius 1 is 1.12 bits per heavy atom. The second-order valence-corrected chi connectivity index (χ2v) is 8.81. The van der Waals surface area contributed by atoms with E-state index in [4.69, 9.17) is 16.0 Å². The first-order chi connectivity index (χ1) is 16.4. The lowest BCUT2D eigenvalue weighted by atomic mass is 10.1. The van der Waals surface area contributed by atoms with Crippen LogP contribution in [0, 0.1) is 5.92 Å². The van der Waals surface area contributed by atoms with E-state index in [9.17, 15) is 9.59 Å². The topological polar surface area (TPSA) is 93.3 Å². The number of benzene rings is 2. The molecule has 0 saturated heterocycles. The third-order valence-corrected chi connectivity index (χ3v) is 5.64. The average molecular weight is 480 g/mol. The van der Waals surface area contributed by atoms with Crippen molar-refractivity contribution >= 4 is 40.1 Å². The fourth-order valence-electron chi connectivity index (χ4n) is 3.70. The zero-order chi connectivity index (χ0) is 24.1. The maximum atomic E-state index is 13.8. The number of hydrogen-bond donors (Lipinski definition) is 1. The summed E-state index contributed by atoms with van der Waals surface area (Å²) in [5.41, 5.74) is 1.87. The third-order valence-electron chi connectivity index (χ3n) is 5.40. The van der Waals surface area contributed by atoms with E-state index >= 15 is 0 Å². The van der Waals surface area contributed by atoms with Crippen LogP contribution in [0.5, 0.6) is 0 Å². The smallest absolute Gasteiger partial charge is 0.251 e. The van der Waals surface area contributed by atoms with Gasteiger partial charge >= 0.3 is 0 Å². The van der Waals surface area contributed by atoms with Crippen LogP contribution < -0.4 is 10.2 Å². The lowest BCUT2D eigenvalue weighted by Gasteiger charge is -2.30. The van der Waals surface area contributed by atoms with Crippen LogP contribution in [0.2, 0.25) is 5.02 Å². The zero-order valence-corrected chi connectivity index (χ0v) is 19.8. The number of rotatable bonds is 9. The maximum absolute atomic E-state index is 13.8. The van der Waals surface area contributed by atoms with Crippen LogP contribution in [0.1, 0.15) is 32.1 Å². The van der Waals surface area contributed by atoms with Gasteiger partial charge in [0.1, 0.15) is 17.8 Å². The summed E-state index contributed by atoms with van der Waals surface area (Å²) in [6, 6.07) is 16.6. The first-order valence-electron chi connectivity index (χ1n) is 11.1. The van der Waals surface area contributed by atoms with Crippen molar-refractivity contribution in [1.29, 1.82) is 0 Å². The number of halogens is 1. The monoisotopic (exact) mass is 479 g/mol. The van der Waals surface area contributed by atoms with Gasteiger partial charge in [0, 0.05) is 17.3 Å². The quantitative estimate of drug-likeness (QED) is 0.378. The molecule has 4 aromatic rings. The van der Waals surface area contributed by atoms with Crippen molar-refractivity contribution < 1.29 is 14.0 Å².